The van der Waals surface area contributed by atoms with Crippen molar-refractivity contribution in [2.75, 3.05) is 39.3 Å². The summed E-state index contributed by atoms with van der Waals surface area (Å²) >= 11 is 0. The Bertz CT molecular complexity index is 701. The van der Waals surface area contributed by atoms with Crippen LogP contribution in [-0.2, 0) is 6.54 Å². The topological polar surface area (TPSA) is 62.2 Å². The first-order chi connectivity index (χ1) is 12.1. The van der Waals surface area contributed by atoms with Crippen LogP contribution in [0.25, 0.3) is 0 Å². The van der Waals surface area contributed by atoms with Gasteiger partial charge in [-0.3, -0.25) is 14.4 Å². The number of carbonyl (C=O) groups is 1. The van der Waals surface area contributed by atoms with E-state index in [1.807, 2.05) is 35.9 Å². The van der Waals surface area contributed by atoms with Crippen molar-refractivity contribution in [2.24, 2.45) is 0 Å². The van der Waals surface area contributed by atoms with E-state index >= 15 is 0 Å². The second kappa shape index (κ2) is 8.27. The average Bonchev–Trinajstić information content (AvgIpc) is 2.93. The van der Waals surface area contributed by atoms with Gasteiger partial charge in [-0.1, -0.05) is 12.1 Å². The van der Waals surface area contributed by atoms with E-state index in [1.165, 1.54) is 0 Å². The number of benzene rings is 1. The van der Waals surface area contributed by atoms with E-state index in [1.54, 1.807) is 0 Å². The summed E-state index contributed by atoms with van der Waals surface area (Å²) in [5.41, 5.74) is 4.02. The van der Waals surface area contributed by atoms with Crippen molar-refractivity contribution in [3.05, 3.63) is 52.8 Å². The van der Waals surface area contributed by atoms with Crippen molar-refractivity contribution in [1.29, 1.82) is 0 Å². The molecule has 1 fully saturated rings. The van der Waals surface area contributed by atoms with Gasteiger partial charge in [-0.2, -0.15) is 5.10 Å². The third kappa shape index (κ3) is 4.90. The van der Waals surface area contributed by atoms with Gasteiger partial charge in [0, 0.05) is 50.5 Å². The monoisotopic (exact) mass is 341 g/mol. The summed E-state index contributed by atoms with van der Waals surface area (Å²) in [4.78, 5) is 14.6. The number of aryl methyl sites for hydroxylation is 2. The highest BCUT2D eigenvalue weighted by molar-refractivity contribution is 5.94. The molecule has 2 N–H and O–H groups in total. The van der Waals surface area contributed by atoms with Gasteiger partial charge in [-0.25, -0.2) is 0 Å². The van der Waals surface area contributed by atoms with Crippen molar-refractivity contribution >= 4 is 5.91 Å². The first-order valence-corrected chi connectivity index (χ1v) is 8.93. The molecule has 0 spiro atoms. The lowest BCUT2D eigenvalue weighted by Gasteiger charge is -2.27. The fourth-order valence-electron chi connectivity index (χ4n) is 3.13. The Morgan fingerprint density at radius 1 is 1.20 bits per heavy atom. The van der Waals surface area contributed by atoms with E-state index in [0.29, 0.717) is 12.1 Å². The summed E-state index contributed by atoms with van der Waals surface area (Å²) in [5.74, 6) is -0.00667. The molecule has 2 aromatic rings. The number of rotatable bonds is 6. The quantitative estimate of drug-likeness (QED) is 0.828. The van der Waals surface area contributed by atoms with Gasteiger partial charge in [0.05, 0.1) is 12.2 Å². The summed E-state index contributed by atoms with van der Waals surface area (Å²) in [5, 5.41) is 10.8. The number of hydrogen-bond acceptors (Lipinski definition) is 4. The van der Waals surface area contributed by atoms with Crippen molar-refractivity contribution in [1.82, 2.24) is 25.3 Å². The van der Waals surface area contributed by atoms with Gasteiger partial charge in [0.1, 0.15) is 0 Å². The predicted octanol–water partition coefficient (Wildman–Crippen LogP) is 1.18. The molecule has 1 aliphatic rings. The first kappa shape index (κ1) is 17.6. The van der Waals surface area contributed by atoms with Crippen LogP contribution in [0.5, 0.6) is 0 Å². The zero-order valence-corrected chi connectivity index (χ0v) is 15.1. The summed E-state index contributed by atoms with van der Waals surface area (Å²) in [6.45, 7) is 10.5. The van der Waals surface area contributed by atoms with Gasteiger partial charge in [-0.15, -0.1) is 0 Å². The third-order valence-electron chi connectivity index (χ3n) is 4.58. The molecule has 1 amide bonds. The number of carbonyl (C=O) groups excluding carboxylic acids is 1. The zero-order chi connectivity index (χ0) is 17.6. The van der Waals surface area contributed by atoms with E-state index in [0.717, 1.165) is 56.2 Å². The minimum Gasteiger partial charge on any atom is -0.351 e. The van der Waals surface area contributed by atoms with E-state index in [4.69, 9.17) is 0 Å². The van der Waals surface area contributed by atoms with Crippen molar-refractivity contribution < 1.29 is 4.79 Å². The van der Waals surface area contributed by atoms with Crippen LogP contribution in [0.4, 0.5) is 0 Å². The largest absolute Gasteiger partial charge is 0.351 e. The fraction of sp³-hybridized carbons (Fsp3) is 0.474. The van der Waals surface area contributed by atoms with Gasteiger partial charge in [0.15, 0.2) is 0 Å². The van der Waals surface area contributed by atoms with Crippen LogP contribution in [0.3, 0.4) is 0 Å². The number of nitrogens with one attached hydrogen (secondary N) is 2. The van der Waals surface area contributed by atoms with Crippen LogP contribution in [0.15, 0.2) is 30.3 Å². The Hall–Kier alpha value is -2.18. The van der Waals surface area contributed by atoms with Crippen molar-refractivity contribution in [3.63, 3.8) is 0 Å². The molecule has 6 nitrogen and oxygen atoms in total. The number of aromatic nitrogens is 2. The van der Waals surface area contributed by atoms with Gasteiger partial charge in [-0.05, 0) is 37.6 Å². The highest BCUT2D eigenvalue weighted by atomic mass is 16.1. The molecule has 1 saturated heterocycles. The number of amides is 1. The molecule has 0 bridgehead atoms. The van der Waals surface area contributed by atoms with Crippen LogP contribution >= 0.6 is 0 Å². The molecule has 0 saturated carbocycles. The lowest BCUT2D eigenvalue weighted by molar-refractivity contribution is 0.0947. The minimum atomic E-state index is -0.00667. The Kier molecular flexibility index (Phi) is 5.83. The molecule has 0 unspecified atom stereocenters. The van der Waals surface area contributed by atoms with Crippen LogP contribution < -0.4 is 10.6 Å². The van der Waals surface area contributed by atoms with Crippen LogP contribution in [0.2, 0.25) is 0 Å². The van der Waals surface area contributed by atoms with Crippen LogP contribution in [0.1, 0.15) is 27.3 Å². The molecular formula is C19H27N5O. The molecule has 0 atom stereocenters. The number of nitrogens with zero attached hydrogens (tertiary/aromatic N) is 3. The highest BCUT2D eigenvalue weighted by Gasteiger charge is 2.10. The maximum absolute atomic E-state index is 12.3. The molecule has 0 radical (unpaired) electrons. The SMILES string of the molecule is Cc1cc(C)n(Cc2ccc(C(=O)NCCN3CCNCC3)cc2)n1. The summed E-state index contributed by atoms with van der Waals surface area (Å²) in [7, 11) is 0. The van der Waals surface area contributed by atoms with Gasteiger partial charge < -0.3 is 10.6 Å². The van der Waals surface area contributed by atoms with Gasteiger partial charge in [0.2, 0.25) is 0 Å². The lowest BCUT2D eigenvalue weighted by atomic mass is 10.1. The Morgan fingerprint density at radius 3 is 2.56 bits per heavy atom. The first-order valence-electron chi connectivity index (χ1n) is 8.93. The van der Waals surface area contributed by atoms with E-state index in [9.17, 15) is 4.79 Å². The van der Waals surface area contributed by atoms with Crippen LogP contribution in [-0.4, -0.2) is 59.9 Å². The number of hydrogen-bond donors (Lipinski definition) is 2. The van der Waals surface area contributed by atoms with Crippen molar-refractivity contribution in [3.8, 4) is 0 Å². The van der Waals surface area contributed by atoms with Crippen molar-refractivity contribution in [2.45, 2.75) is 20.4 Å². The smallest absolute Gasteiger partial charge is 0.251 e. The maximum atomic E-state index is 12.3. The van der Waals surface area contributed by atoms with Gasteiger partial charge >= 0.3 is 0 Å². The second-order valence-electron chi connectivity index (χ2n) is 6.63. The predicted molar refractivity (Wildman–Crippen MR) is 98.9 cm³/mol. The average molecular weight is 341 g/mol. The highest BCUT2D eigenvalue weighted by Crippen LogP contribution is 2.09. The molecular weight excluding hydrogens is 314 g/mol. The molecule has 1 aromatic heterocycles. The molecule has 25 heavy (non-hydrogen) atoms. The van der Waals surface area contributed by atoms with Crippen LogP contribution in [0, 0.1) is 13.8 Å². The Balaban J connectivity index is 1.49. The normalized spacial score (nSPS) is 15.3. The standard InChI is InChI=1S/C19H27N5O/c1-15-13-16(2)24(22-15)14-17-3-5-18(6-4-17)19(25)21-9-12-23-10-7-20-8-11-23/h3-6,13,20H,7-12,14H2,1-2H3,(H,21,25). The molecule has 2 heterocycles. The summed E-state index contributed by atoms with van der Waals surface area (Å²) < 4.78 is 1.98. The van der Waals surface area contributed by atoms with E-state index < -0.39 is 0 Å². The Morgan fingerprint density at radius 2 is 1.92 bits per heavy atom. The fourth-order valence-corrected chi connectivity index (χ4v) is 3.13. The second-order valence-corrected chi connectivity index (χ2v) is 6.63. The molecule has 1 aromatic carbocycles. The Labute approximate surface area is 149 Å². The molecule has 6 heteroatoms. The summed E-state index contributed by atoms with van der Waals surface area (Å²) in [6, 6.07) is 9.85. The summed E-state index contributed by atoms with van der Waals surface area (Å²) in [6.07, 6.45) is 0. The number of piperazine rings is 1. The van der Waals surface area contributed by atoms with E-state index in [2.05, 4.69) is 33.6 Å². The molecule has 3 rings (SSSR count). The van der Waals surface area contributed by atoms with Gasteiger partial charge in [0.25, 0.3) is 5.91 Å². The lowest BCUT2D eigenvalue weighted by Crippen LogP contribution is -2.46. The van der Waals surface area contributed by atoms with E-state index in [-0.39, 0.29) is 5.91 Å². The maximum Gasteiger partial charge on any atom is 0.251 e. The molecule has 1 aliphatic heterocycles. The third-order valence-corrected chi connectivity index (χ3v) is 4.58. The molecule has 134 valence electrons. The molecule has 0 aliphatic carbocycles. The minimum absolute atomic E-state index is 0.00667. The zero-order valence-electron chi connectivity index (χ0n) is 15.1.